The molecule has 0 aliphatic heterocycles. The Hall–Kier alpha value is -3.43. The number of hydrogen-bond donors (Lipinski definition) is 0. The summed E-state index contributed by atoms with van der Waals surface area (Å²) in [7, 11) is -1.00. The summed E-state index contributed by atoms with van der Waals surface area (Å²) in [4.78, 5) is 19.6. The Bertz CT molecular complexity index is 3250. The largest absolute Gasteiger partial charge is 0.358 e. The van der Waals surface area contributed by atoms with E-state index in [2.05, 4.69) is 123 Å². The van der Waals surface area contributed by atoms with E-state index in [4.69, 9.17) is 10.1 Å². The highest BCUT2D eigenvalue weighted by Crippen LogP contribution is 2.50. The first-order valence-corrected chi connectivity index (χ1v) is 38.7. The third-order valence-corrected chi connectivity index (χ3v) is 26.4. The minimum Gasteiger partial charge on any atom is -0.358 e. The van der Waals surface area contributed by atoms with Crippen molar-refractivity contribution in [2.75, 3.05) is 7.15 Å². The van der Waals surface area contributed by atoms with Crippen LogP contribution in [0, 0.1) is 7.43 Å². The Kier molecular flexibility index (Phi) is 27.5. The van der Waals surface area contributed by atoms with Gasteiger partial charge in [-0.05, 0) is 157 Å². The van der Waals surface area contributed by atoms with Gasteiger partial charge in [0, 0.05) is 79.4 Å². The van der Waals surface area contributed by atoms with Crippen LogP contribution in [0.1, 0.15) is 205 Å². The van der Waals surface area contributed by atoms with Crippen LogP contribution >= 0.6 is 102 Å². The van der Waals surface area contributed by atoms with Gasteiger partial charge in [0.25, 0.3) is 0 Å². The molecule has 0 N–H and O–H groups in total. The minimum atomic E-state index is -1.00. The molecule has 2 nitrogen and oxygen atoms in total. The molecule has 0 spiro atoms. The molecule has 0 bridgehead atoms. The molecule has 9 aromatic heterocycles. The second-order valence-electron chi connectivity index (χ2n) is 22.3. The van der Waals surface area contributed by atoms with Gasteiger partial charge in [0.1, 0.15) is 11.0 Å². The highest BCUT2D eigenvalue weighted by atomic mass is 32.1. The Morgan fingerprint density at radius 3 is 0.952 bits per heavy atom. The van der Waals surface area contributed by atoms with Gasteiger partial charge in [-0.15, -0.1) is 90.7 Å². The number of unbranched alkanes of at least 4 members (excludes halogenated alkanes) is 20. The van der Waals surface area contributed by atoms with Gasteiger partial charge in [-0.1, -0.05) is 168 Å². The fourth-order valence-electron chi connectivity index (χ4n) is 11.4. The highest BCUT2D eigenvalue weighted by molar-refractivity contribution is 7.30. The summed E-state index contributed by atoms with van der Waals surface area (Å²) in [5, 5.41) is 4.61. The topological polar surface area (TPSA) is 25.8 Å². The summed E-state index contributed by atoms with van der Waals surface area (Å²) < 4.78 is 25.7. The van der Waals surface area contributed by atoms with Gasteiger partial charge in [0.2, 0.25) is 0 Å². The molecule has 1 aromatic carbocycles. The number of thiophene rings is 8. The van der Waals surface area contributed by atoms with Crippen molar-refractivity contribution in [1.29, 1.82) is 0 Å². The lowest BCUT2D eigenvalue weighted by atomic mass is 10.0. The Morgan fingerprint density at radius 2 is 0.619 bits per heavy atom. The molecular formula is C72H90FN2S9-. The molecule has 10 aromatic rings. The highest BCUT2D eigenvalue weighted by Gasteiger charge is 2.23. The summed E-state index contributed by atoms with van der Waals surface area (Å²) in [5.41, 5.74) is 10.6. The summed E-state index contributed by atoms with van der Waals surface area (Å²) in [6, 6.07) is 33.6. The third-order valence-electron chi connectivity index (χ3n) is 16.1. The van der Waals surface area contributed by atoms with E-state index >= 15 is 0 Å². The fraction of sp³-hybridized carbons (Fsp3) is 0.458. The van der Waals surface area contributed by atoms with Crippen molar-refractivity contribution in [2.24, 2.45) is 0 Å². The van der Waals surface area contributed by atoms with Gasteiger partial charge in [-0.2, -0.15) is 8.75 Å². The van der Waals surface area contributed by atoms with Gasteiger partial charge < -0.3 is 7.43 Å². The predicted octanol–water partition coefficient (Wildman–Crippen LogP) is 28.2. The van der Waals surface area contributed by atoms with Crippen molar-refractivity contribution in [2.45, 2.75) is 207 Å². The average Bonchev–Trinajstić information content (AvgIpc) is 3.67. The van der Waals surface area contributed by atoms with Crippen LogP contribution < -0.4 is 0 Å². The average molecular weight is 1290 g/mol. The van der Waals surface area contributed by atoms with E-state index in [9.17, 15) is 4.39 Å². The van der Waals surface area contributed by atoms with E-state index in [0.29, 0.717) is 0 Å². The van der Waals surface area contributed by atoms with Crippen LogP contribution in [-0.4, -0.2) is 15.9 Å². The van der Waals surface area contributed by atoms with Crippen molar-refractivity contribution in [1.82, 2.24) is 8.75 Å². The normalized spacial score (nSPS) is 11.7. The zero-order chi connectivity index (χ0) is 58.3. The maximum atomic E-state index is 9.96. The summed E-state index contributed by atoms with van der Waals surface area (Å²) in [6.45, 7) is 9.23. The lowest BCUT2D eigenvalue weighted by Gasteiger charge is -2.04. The number of nitrogens with zero attached hydrogens (tertiary/aromatic N) is 2. The van der Waals surface area contributed by atoms with E-state index in [1.165, 1.54) is 280 Å². The van der Waals surface area contributed by atoms with E-state index < -0.39 is 7.15 Å². The van der Waals surface area contributed by atoms with E-state index in [1.54, 1.807) is 0 Å². The lowest BCUT2D eigenvalue weighted by molar-refractivity contribution is 0.608. The Labute approximate surface area is 542 Å². The minimum absolute atomic E-state index is 0. The van der Waals surface area contributed by atoms with Gasteiger partial charge in [-0.25, -0.2) is 0 Å². The van der Waals surface area contributed by atoms with Crippen molar-refractivity contribution in [3.8, 4) is 79.4 Å². The third kappa shape index (κ3) is 17.7. The fourth-order valence-corrected chi connectivity index (χ4v) is 21.2. The van der Waals surface area contributed by atoms with Crippen LogP contribution in [0.3, 0.4) is 0 Å². The number of benzene rings is 1. The monoisotopic (exact) mass is 1290 g/mol. The lowest BCUT2D eigenvalue weighted by Crippen LogP contribution is -1.86. The van der Waals surface area contributed by atoms with Crippen LogP contribution in [0.5, 0.6) is 0 Å². The summed E-state index contributed by atoms with van der Waals surface area (Å²) in [5.74, 6) is 0. The van der Waals surface area contributed by atoms with Crippen LogP contribution in [0.15, 0.2) is 95.7 Å². The number of aromatic nitrogens is 2. The van der Waals surface area contributed by atoms with Crippen LogP contribution in [-0.2, 0) is 25.7 Å². The molecule has 10 rings (SSSR count). The maximum Gasteiger partial charge on any atom is 0.114 e. The number of fused-ring (bicyclic) bond motifs is 1. The molecule has 0 atom stereocenters. The molecule has 0 saturated carbocycles. The van der Waals surface area contributed by atoms with Crippen molar-refractivity contribution >= 4 is 113 Å². The van der Waals surface area contributed by atoms with Crippen LogP contribution in [0.2, 0.25) is 0 Å². The molecule has 0 aliphatic carbocycles. The van der Waals surface area contributed by atoms with E-state index in [0.717, 1.165) is 23.9 Å². The zero-order valence-corrected chi connectivity index (χ0v) is 58.0. The predicted molar refractivity (Wildman–Crippen MR) is 386 cm³/mol. The number of hydrogen-bond acceptors (Lipinski definition) is 11. The van der Waals surface area contributed by atoms with Crippen molar-refractivity contribution < 1.29 is 5.76 Å². The molecule has 0 aliphatic rings. The van der Waals surface area contributed by atoms with Gasteiger partial charge in [-0.3, -0.25) is 4.39 Å². The molecule has 9 heterocycles. The second-order valence-corrected chi connectivity index (χ2v) is 31.1. The molecule has 0 amide bonds. The Morgan fingerprint density at radius 1 is 0.333 bits per heavy atom. The summed E-state index contributed by atoms with van der Waals surface area (Å²) in [6.07, 6.45) is 36.3. The van der Waals surface area contributed by atoms with E-state index in [1.807, 2.05) is 90.7 Å². The van der Waals surface area contributed by atoms with Crippen LogP contribution in [0.25, 0.3) is 90.4 Å². The quantitative estimate of drug-likeness (QED) is 0.0289. The molecule has 12 heteroatoms. The van der Waals surface area contributed by atoms with Gasteiger partial charge in [0.15, 0.2) is 0 Å². The number of rotatable bonds is 36. The number of aryl methyl sites for hydroxylation is 4. The molecule has 0 saturated heterocycles. The zero-order valence-electron chi connectivity index (χ0n) is 51.7. The molecule has 0 unspecified atom stereocenters. The maximum absolute atomic E-state index is 9.96. The number of alkyl halides is 1. The van der Waals surface area contributed by atoms with Gasteiger partial charge in [0.05, 0.1) is 20.3 Å². The van der Waals surface area contributed by atoms with Crippen LogP contribution in [0.4, 0.5) is 4.39 Å². The SMILES string of the molecule is CCCCCCCCc1ccsc1-c1ccc(-c2ccc(-c3sc(-c4ccc(-c5cc(CCCCCCCC)c(-c6ccc(-c7ccc(-c8sccc8CCCCCCCC)s7)s6)s5)c5nsnc45)cc3CCCCCCCC)s2)s1.[2H]CF.[CH3-]. The second kappa shape index (κ2) is 35.5. The molecule has 0 fully saturated rings. The standard InChI is InChI=1S/C70H84N2S9.CH3F.CH3/c1-5-9-13-17-21-25-29-49-43-45-73-67(49)59-39-35-55(75-59)57-37-41-61(77-57)69-51(31-27-23-19-15-11-7-3)47-63(79-69)53-33-34-54(66-65(53)71-81-72-66)64-48-52(32-28-24-20-16-12-8-4)70(80-64)62-42-38-58(78-62)56-36-40-60(76-56)68-50(44-46-74-68)30-26-22-18-14-10-6-2;1-2;/h33-48H,5-32H2,1-4H3;1H3;1H3/q;;-1/i;1D;. The first kappa shape index (κ1) is 65.0. The van der Waals surface area contributed by atoms with Gasteiger partial charge >= 0.3 is 0 Å². The first-order chi connectivity index (χ1) is 41.4. The van der Waals surface area contributed by atoms with E-state index in [-0.39, 0.29) is 7.43 Å². The first-order valence-electron chi connectivity index (χ1n) is 32.1. The Balaban J connectivity index is 0.00000230. The van der Waals surface area contributed by atoms with Crippen molar-refractivity contribution in [3.05, 3.63) is 125 Å². The summed E-state index contributed by atoms with van der Waals surface area (Å²) >= 11 is 17.0. The molecule has 84 heavy (non-hydrogen) atoms. The smallest absolute Gasteiger partial charge is 0.114 e. The molecular weight excluding hydrogens is 1200 g/mol. The molecule has 450 valence electrons. The number of halogens is 1. The van der Waals surface area contributed by atoms with Crippen molar-refractivity contribution in [3.63, 3.8) is 0 Å². The molecule has 0 radical (unpaired) electrons.